The molecule has 0 bridgehead atoms. The molecule has 1 aliphatic rings. The van der Waals surface area contributed by atoms with Crippen molar-refractivity contribution < 1.29 is 27.1 Å². The third-order valence-corrected chi connectivity index (χ3v) is 7.97. The maximum Gasteiger partial charge on any atom is 0.340 e. The highest BCUT2D eigenvalue weighted by atomic mass is 32.2. The Labute approximate surface area is 178 Å². The maximum absolute atomic E-state index is 13.4. The van der Waals surface area contributed by atoms with Crippen molar-refractivity contribution in [3.05, 3.63) is 51.7 Å². The molecule has 0 atom stereocenters. The summed E-state index contributed by atoms with van der Waals surface area (Å²) in [5.41, 5.74) is 1.08. The summed E-state index contributed by atoms with van der Waals surface area (Å²) in [7, 11) is -2.86. The Morgan fingerprint density at radius 2 is 2.10 bits per heavy atom. The Hall–Kier alpha value is -2.30. The number of fused-ring (bicyclic) bond motifs is 1. The van der Waals surface area contributed by atoms with Crippen molar-refractivity contribution >= 4 is 33.2 Å². The topological polar surface area (TPSA) is 92.8 Å². The van der Waals surface area contributed by atoms with Gasteiger partial charge >= 0.3 is 5.97 Å². The van der Waals surface area contributed by atoms with Crippen molar-refractivity contribution in [3.8, 4) is 0 Å². The first-order valence-electron chi connectivity index (χ1n) is 9.51. The van der Waals surface area contributed by atoms with Crippen LogP contribution >= 0.6 is 11.3 Å². The van der Waals surface area contributed by atoms with Gasteiger partial charge in [-0.1, -0.05) is 19.1 Å². The van der Waals surface area contributed by atoms with E-state index in [0.717, 1.165) is 17.8 Å². The van der Waals surface area contributed by atoms with Gasteiger partial charge in [0, 0.05) is 24.4 Å². The molecule has 0 saturated heterocycles. The Bertz CT molecular complexity index is 1070. The minimum Gasteiger partial charge on any atom is -0.465 e. The van der Waals surface area contributed by atoms with Gasteiger partial charge in [-0.25, -0.2) is 22.3 Å². The number of hydrogen-bond acceptors (Lipinski definition) is 6. The lowest BCUT2D eigenvalue weighted by Crippen LogP contribution is -2.35. The number of nitrogens with zero attached hydrogens (tertiary/aromatic N) is 1. The zero-order valence-corrected chi connectivity index (χ0v) is 18.4. The first-order chi connectivity index (χ1) is 14.3. The van der Waals surface area contributed by atoms with Gasteiger partial charge in [0.25, 0.3) is 10.0 Å². The fourth-order valence-electron chi connectivity index (χ4n) is 3.35. The number of rotatable bonds is 7. The van der Waals surface area contributed by atoms with Crippen LogP contribution in [0.15, 0.2) is 28.5 Å². The predicted molar refractivity (Wildman–Crippen MR) is 110 cm³/mol. The Kier molecular flexibility index (Phi) is 6.89. The number of methoxy groups -OCH3 is 1. The quantitative estimate of drug-likeness (QED) is 0.650. The molecule has 0 fully saturated rings. The third-order valence-electron chi connectivity index (χ3n) is 4.83. The Morgan fingerprint density at radius 1 is 1.33 bits per heavy atom. The lowest BCUT2D eigenvalue weighted by Gasteiger charge is -2.27. The van der Waals surface area contributed by atoms with Gasteiger partial charge in [0.2, 0.25) is 5.91 Å². The van der Waals surface area contributed by atoms with Crippen LogP contribution in [0, 0.1) is 5.82 Å². The summed E-state index contributed by atoms with van der Waals surface area (Å²) in [4.78, 5) is 27.0. The van der Waals surface area contributed by atoms with E-state index in [1.54, 1.807) is 11.0 Å². The molecule has 1 N–H and O–H groups in total. The second-order valence-electron chi connectivity index (χ2n) is 6.93. The molecule has 1 aromatic heterocycles. The molecular formula is C20H23FN2O5S2. The van der Waals surface area contributed by atoms with Gasteiger partial charge in [-0.05, 0) is 36.1 Å². The molecular weight excluding hydrogens is 431 g/mol. The Balaban J connectivity index is 1.92. The molecule has 1 amide bonds. The summed E-state index contributed by atoms with van der Waals surface area (Å²) in [5.74, 6) is -1.19. The number of carbonyl (C=O) groups excluding carboxylic acids is 2. The van der Waals surface area contributed by atoms with Crippen molar-refractivity contribution in [3.63, 3.8) is 0 Å². The van der Waals surface area contributed by atoms with Crippen molar-refractivity contribution in [2.45, 2.75) is 43.5 Å². The van der Waals surface area contributed by atoms with E-state index in [2.05, 4.69) is 4.72 Å². The number of carbonyl (C=O) groups is 2. The van der Waals surface area contributed by atoms with Crippen LogP contribution in [0.4, 0.5) is 4.39 Å². The first kappa shape index (κ1) is 22.4. The van der Waals surface area contributed by atoms with Crippen molar-refractivity contribution in [2.24, 2.45) is 0 Å². The molecule has 0 aliphatic carbocycles. The third kappa shape index (κ3) is 4.71. The smallest absolute Gasteiger partial charge is 0.340 e. The molecule has 0 saturated carbocycles. The molecule has 7 nitrogen and oxygen atoms in total. The van der Waals surface area contributed by atoms with Crippen molar-refractivity contribution in [1.82, 2.24) is 9.62 Å². The summed E-state index contributed by atoms with van der Waals surface area (Å²) in [6.07, 6.45) is 1.53. The van der Waals surface area contributed by atoms with Gasteiger partial charge in [0.05, 0.1) is 19.2 Å². The van der Waals surface area contributed by atoms with E-state index in [1.165, 1.54) is 25.3 Å². The average molecular weight is 455 g/mol. The molecule has 1 aromatic carbocycles. The summed E-state index contributed by atoms with van der Waals surface area (Å²) < 4.78 is 46.5. The summed E-state index contributed by atoms with van der Waals surface area (Å²) in [6, 6.07) is 5.60. The highest BCUT2D eigenvalue weighted by Gasteiger charge is 2.34. The molecule has 0 radical (unpaired) electrons. The zero-order valence-electron chi connectivity index (χ0n) is 16.7. The number of benzene rings is 1. The molecule has 162 valence electrons. The molecule has 10 heteroatoms. The van der Waals surface area contributed by atoms with Crippen LogP contribution in [0.2, 0.25) is 0 Å². The number of amides is 1. The van der Waals surface area contributed by atoms with Crippen LogP contribution in [0.3, 0.4) is 0 Å². The highest BCUT2D eigenvalue weighted by molar-refractivity contribution is 7.91. The number of esters is 1. The molecule has 0 unspecified atom stereocenters. The van der Waals surface area contributed by atoms with Crippen LogP contribution in [0.1, 0.15) is 46.1 Å². The Morgan fingerprint density at radius 3 is 2.77 bits per heavy atom. The fraction of sp³-hybridized carbons (Fsp3) is 0.400. The van der Waals surface area contributed by atoms with Crippen LogP contribution in [0.25, 0.3) is 0 Å². The van der Waals surface area contributed by atoms with E-state index in [1.807, 2.05) is 6.92 Å². The number of thiophene rings is 1. The molecule has 30 heavy (non-hydrogen) atoms. The standard InChI is InChI=1S/C20H23FN2O5S2/c1-3-5-17(24)23-9-8-15-16(12-23)29-20(18(15)19(25)28-2)30(26,27)22-11-13-6-4-7-14(21)10-13/h4,6-7,10,22H,3,5,8-9,11-12H2,1-2H3. The molecule has 3 rings (SSSR count). The van der Waals surface area contributed by atoms with E-state index in [4.69, 9.17) is 4.74 Å². The summed E-state index contributed by atoms with van der Waals surface area (Å²) >= 11 is 0.971. The summed E-state index contributed by atoms with van der Waals surface area (Å²) in [5, 5.41) is 0. The number of ether oxygens (including phenoxy) is 1. The largest absolute Gasteiger partial charge is 0.465 e. The monoisotopic (exact) mass is 454 g/mol. The minimum absolute atomic E-state index is 0.00445. The van der Waals surface area contributed by atoms with Crippen LogP contribution in [-0.2, 0) is 39.1 Å². The minimum atomic E-state index is -4.06. The summed E-state index contributed by atoms with van der Waals surface area (Å²) in [6.45, 7) is 2.48. The molecule has 0 spiro atoms. The van der Waals surface area contributed by atoms with E-state index in [0.29, 0.717) is 35.4 Å². The second-order valence-corrected chi connectivity index (χ2v) is 9.99. The van der Waals surface area contributed by atoms with Gasteiger partial charge < -0.3 is 9.64 Å². The lowest BCUT2D eigenvalue weighted by molar-refractivity contribution is -0.132. The van der Waals surface area contributed by atoms with E-state index in [9.17, 15) is 22.4 Å². The van der Waals surface area contributed by atoms with Gasteiger partial charge in [-0.3, -0.25) is 4.79 Å². The number of nitrogens with one attached hydrogen (secondary N) is 1. The molecule has 2 heterocycles. The molecule has 2 aromatic rings. The van der Waals surface area contributed by atoms with E-state index < -0.39 is 21.8 Å². The van der Waals surface area contributed by atoms with Crippen molar-refractivity contribution in [1.29, 1.82) is 0 Å². The van der Waals surface area contributed by atoms with Gasteiger partial charge in [0.1, 0.15) is 10.0 Å². The number of hydrogen-bond donors (Lipinski definition) is 1. The molecule has 1 aliphatic heterocycles. The van der Waals surface area contributed by atoms with E-state index in [-0.39, 0.29) is 28.8 Å². The number of halogens is 1. The van der Waals surface area contributed by atoms with Crippen LogP contribution < -0.4 is 4.72 Å². The number of sulfonamides is 1. The van der Waals surface area contributed by atoms with Crippen molar-refractivity contribution in [2.75, 3.05) is 13.7 Å². The van der Waals surface area contributed by atoms with Gasteiger partial charge in [0.15, 0.2) is 0 Å². The predicted octanol–water partition coefficient (Wildman–Crippen LogP) is 2.84. The average Bonchev–Trinajstić information content (AvgIpc) is 3.12. The first-order valence-corrected chi connectivity index (χ1v) is 11.8. The van der Waals surface area contributed by atoms with Gasteiger partial charge in [-0.2, -0.15) is 0 Å². The SMILES string of the molecule is CCCC(=O)N1CCc2c(sc(S(=O)(=O)NCc3cccc(F)c3)c2C(=O)OC)C1. The normalized spacial score (nSPS) is 13.8. The van der Waals surface area contributed by atoms with Crippen LogP contribution in [0.5, 0.6) is 0 Å². The van der Waals surface area contributed by atoms with Crippen LogP contribution in [-0.4, -0.2) is 38.8 Å². The maximum atomic E-state index is 13.4. The fourth-order valence-corrected chi connectivity index (χ4v) is 6.31. The zero-order chi connectivity index (χ0) is 21.9. The van der Waals surface area contributed by atoms with Gasteiger partial charge in [-0.15, -0.1) is 11.3 Å². The second kappa shape index (κ2) is 9.23. The van der Waals surface area contributed by atoms with E-state index >= 15 is 0 Å². The lowest BCUT2D eigenvalue weighted by atomic mass is 10.0. The highest BCUT2D eigenvalue weighted by Crippen LogP contribution is 2.36.